The van der Waals surface area contributed by atoms with Gasteiger partial charge in [0.1, 0.15) is 17.3 Å². The number of nitrogens with zero attached hydrogens (tertiary/aromatic N) is 2. The molecule has 158 valence electrons. The van der Waals surface area contributed by atoms with E-state index in [0.29, 0.717) is 0 Å². The van der Waals surface area contributed by atoms with Crippen molar-refractivity contribution >= 4 is 37.7 Å². The molecule has 0 saturated heterocycles. The molecule has 6 rings (SSSR count). The molecule has 33 heavy (non-hydrogen) atoms. The average molecular weight is 491 g/mol. The second-order valence-corrected chi connectivity index (χ2v) is 8.78. The molecule has 4 aromatic carbocycles. The first kappa shape index (κ1) is 19.8. The molecule has 3 nitrogen and oxygen atoms in total. The van der Waals surface area contributed by atoms with Crippen LogP contribution in [0.15, 0.2) is 120 Å². The van der Waals surface area contributed by atoms with Gasteiger partial charge < -0.3 is 4.74 Å². The van der Waals surface area contributed by atoms with Crippen LogP contribution in [0.1, 0.15) is 0 Å². The molecule has 0 saturated carbocycles. The zero-order chi connectivity index (χ0) is 22.2. The van der Waals surface area contributed by atoms with Gasteiger partial charge in [-0.15, -0.1) is 0 Å². The van der Waals surface area contributed by atoms with Crippen molar-refractivity contribution in [3.63, 3.8) is 0 Å². The summed E-state index contributed by atoms with van der Waals surface area (Å²) < 4.78 is 9.35. The van der Waals surface area contributed by atoms with Gasteiger partial charge in [-0.2, -0.15) is 0 Å². The molecule has 0 bridgehead atoms. The maximum absolute atomic E-state index is 6.17. The van der Waals surface area contributed by atoms with Crippen molar-refractivity contribution in [2.45, 2.75) is 0 Å². The van der Waals surface area contributed by atoms with Crippen molar-refractivity contribution in [2.24, 2.45) is 0 Å². The first-order valence-electron chi connectivity index (χ1n) is 10.7. The van der Waals surface area contributed by atoms with E-state index < -0.39 is 0 Å². The van der Waals surface area contributed by atoms with E-state index in [4.69, 9.17) is 9.72 Å². The predicted octanol–water partition coefficient (Wildman–Crippen LogP) is 8.40. The van der Waals surface area contributed by atoms with E-state index in [1.54, 1.807) is 0 Å². The number of halogens is 1. The molecule has 0 radical (unpaired) electrons. The molecule has 0 fully saturated rings. The maximum Gasteiger partial charge on any atom is 0.137 e. The lowest BCUT2D eigenvalue weighted by molar-refractivity contribution is 0.483. The van der Waals surface area contributed by atoms with Crippen molar-refractivity contribution in [1.29, 1.82) is 0 Å². The Morgan fingerprint density at radius 1 is 0.606 bits per heavy atom. The van der Waals surface area contributed by atoms with Crippen LogP contribution in [0, 0.1) is 0 Å². The van der Waals surface area contributed by atoms with E-state index in [-0.39, 0.29) is 0 Å². The number of ether oxygens (including phenoxy) is 1. The summed E-state index contributed by atoms with van der Waals surface area (Å²) in [7, 11) is 0. The van der Waals surface area contributed by atoms with Crippen LogP contribution in [0.4, 0.5) is 0 Å². The summed E-state index contributed by atoms with van der Waals surface area (Å²) in [5.74, 6) is 2.45. The lowest BCUT2D eigenvalue weighted by Crippen LogP contribution is -1.97. The number of rotatable bonds is 4. The van der Waals surface area contributed by atoms with Crippen LogP contribution in [-0.4, -0.2) is 9.55 Å². The summed E-state index contributed by atoms with van der Waals surface area (Å²) in [6.07, 6.45) is 1.94. The van der Waals surface area contributed by atoms with Crippen LogP contribution in [0.2, 0.25) is 0 Å². The number of hydrogen-bond donors (Lipinski definition) is 0. The SMILES string of the molecule is Brc1cccc(Oc2ccc3c4ccccc4n(-c4ccc(-c5ccccc5)cn4)c3c2)c1. The van der Waals surface area contributed by atoms with Crippen molar-refractivity contribution in [3.05, 3.63) is 120 Å². The number of hydrogen-bond acceptors (Lipinski definition) is 2. The number of fused-ring (bicyclic) bond motifs is 3. The molecule has 0 spiro atoms. The van der Waals surface area contributed by atoms with E-state index >= 15 is 0 Å². The molecule has 0 aliphatic carbocycles. The highest BCUT2D eigenvalue weighted by Crippen LogP contribution is 2.35. The first-order chi connectivity index (χ1) is 16.3. The quantitative estimate of drug-likeness (QED) is 0.248. The third-order valence-corrected chi connectivity index (χ3v) is 6.25. The fourth-order valence-electron chi connectivity index (χ4n) is 4.25. The molecular formula is C29H19BrN2O. The topological polar surface area (TPSA) is 27.1 Å². The lowest BCUT2D eigenvalue weighted by Gasteiger charge is -2.10. The Labute approximate surface area is 200 Å². The molecule has 0 unspecified atom stereocenters. The first-order valence-corrected chi connectivity index (χ1v) is 11.5. The van der Waals surface area contributed by atoms with Gasteiger partial charge >= 0.3 is 0 Å². The fraction of sp³-hybridized carbons (Fsp3) is 0. The molecule has 0 aliphatic heterocycles. The van der Waals surface area contributed by atoms with Crippen LogP contribution in [0.3, 0.4) is 0 Å². The summed E-state index contributed by atoms with van der Waals surface area (Å²) in [6, 6.07) is 37.0. The van der Waals surface area contributed by atoms with Gasteiger partial charge in [0, 0.05) is 33.1 Å². The van der Waals surface area contributed by atoms with Gasteiger partial charge in [-0.25, -0.2) is 4.98 Å². The number of aromatic nitrogens is 2. The van der Waals surface area contributed by atoms with Crippen molar-refractivity contribution in [2.75, 3.05) is 0 Å². The molecule has 0 amide bonds. The largest absolute Gasteiger partial charge is 0.457 e. The van der Waals surface area contributed by atoms with E-state index in [1.807, 2.05) is 54.7 Å². The van der Waals surface area contributed by atoms with E-state index in [1.165, 1.54) is 10.8 Å². The molecule has 6 aromatic rings. The monoisotopic (exact) mass is 490 g/mol. The Kier molecular flexibility index (Phi) is 4.93. The molecule has 2 heterocycles. The standard InChI is InChI=1S/C29H19BrN2O/c30-22-9-6-10-23(17-22)33-24-14-15-26-25-11-4-5-12-27(25)32(28(26)18-24)29-16-13-21(19-31-29)20-7-2-1-3-8-20/h1-19H. The number of benzene rings is 4. The zero-order valence-electron chi connectivity index (χ0n) is 17.7. The Bertz CT molecular complexity index is 1590. The van der Waals surface area contributed by atoms with Crippen LogP contribution < -0.4 is 4.74 Å². The zero-order valence-corrected chi connectivity index (χ0v) is 19.2. The molecule has 0 atom stereocenters. The van der Waals surface area contributed by atoms with Gasteiger partial charge in [0.25, 0.3) is 0 Å². The van der Waals surface area contributed by atoms with E-state index in [9.17, 15) is 0 Å². The summed E-state index contributed by atoms with van der Waals surface area (Å²) >= 11 is 3.51. The molecule has 4 heteroatoms. The lowest BCUT2D eigenvalue weighted by atomic mass is 10.1. The molecule has 0 aliphatic rings. The Morgan fingerprint density at radius 2 is 1.39 bits per heavy atom. The predicted molar refractivity (Wildman–Crippen MR) is 138 cm³/mol. The summed E-state index contributed by atoms with van der Waals surface area (Å²) in [6.45, 7) is 0. The average Bonchev–Trinajstić information content (AvgIpc) is 3.18. The number of para-hydroxylation sites is 1. The Balaban J connectivity index is 1.49. The van der Waals surface area contributed by atoms with Gasteiger partial charge in [0.05, 0.1) is 11.0 Å². The van der Waals surface area contributed by atoms with Crippen molar-refractivity contribution in [1.82, 2.24) is 9.55 Å². The highest BCUT2D eigenvalue weighted by atomic mass is 79.9. The van der Waals surface area contributed by atoms with Gasteiger partial charge in [-0.3, -0.25) is 4.57 Å². The van der Waals surface area contributed by atoms with Crippen molar-refractivity contribution < 1.29 is 4.74 Å². The highest BCUT2D eigenvalue weighted by Gasteiger charge is 2.14. The maximum atomic E-state index is 6.17. The van der Waals surface area contributed by atoms with Crippen molar-refractivity contribution in [3.8, 4) is 28.4 Å². The Morgan fingerprint density at radius 3 is 2.21 bits per heavy atom. The summed E-state index contributed by atoms with van der Waals surface area (Å²) in [5, 5.41) is 2.36. The third kappa shape index (κ3) is 3.69. The van der Waals surface area contributed by atoms with Gasteiger partial charge in [-0.05, 0) is 54.1 Å². The molecular weight excluding hydrogens is 472 g/mol. The van der Waals surface area contributed by atoms with E-state index in [2.05, 4.69) is 81.2 Å². The normalized spacial score (nSPS) is 11.2. The third-order valence-electron chi connectivity index (χ3n) is 5.76. The summed E-state index contributed by atoms with van der Waals surface area (Å²) in [4.78, 5) is 4.84. The number of pyridine rings is 1. The second kappa shape index (κ2) is 8.23. The van der Waals surface area contributed by atoms with Crippen LogP contribution >= 0.6 is 15.9 Å². The fourth-order valence-corrected chi connectivity index (χ4v) is 4.63. The van der Waals surface area contributed by atoms with Crippen LogP contribution in [-0.2, 0) is 0 Å². The van der Waals surface area contributed by atoms with Gasteiger partial charge in [0.2, 0.25) is 0 Å². The van der Waals surface area contributed by atoms with Crippen LogP contribution in [0.25, 0.3) is 38.8 Å². The minimum atomic E-state index is 0.783. The minimum Gasteiger partial charge on any atom is -0.457 e. The smallest absolute Gasteiger partial charge is 0.137 e. The Hall–Kier alpha value is -3.89. The summed E-state index contributed by atoms with van der Waals surface area (Å²) in [5.41, 5.74) is 4.43. The van der Waals surface area contributed by atoms with Gasteiger partial charge in [-0.1, -0.05) is 70.5 Å². The molecule has 2 aromatic heterocycles. The molecule has 0 N–H and O–H groups in total. The van der Waals surface area contributed by atoms with Gasteiger partial charge in [0.15, 0.2) is 0 Å². The van der Waals surface area contributed by atoms with E-state index in [0.717, 1.165) is 43.9 Å². The second-order valence-electron chi connectivity index (χ2n) is 7.86. The highest BCUT2D eigenvalue weighted by molar-refractivity contribution is 9.10. The minimum absolute atomic E-state index is 0.783. The van der Waals surface area contributed by atoms with Crippen LogP contribution in [0.5, 0.6) is 11.5 Å².